The molecule has 1 amide bonds. The summed E-state index contributed by atoms with van der Waals surface area (Å²) in [5.41, 5.74) is 8.78. The van der Waals surface area contributed by atoms with E-state index in [1.165, 1.54) is 35.0 Å². The van der Waals surface area contributed by atoms with Crippen molar-refractivity contribution >= 4 is 18.3 Å². The second kappa shape index (κ2) is 9.43. The van der Waals surface area contributed by atoms with Crippen LogP contribution in [0.4, 0.5) is 4.39 Å². The smallest absolute Gasteiger partial charge is 0.251 e. The second-order valence-corrected chi connectivity index (χ2v) is 6.64. The van der Waals surface area contributed by atoms with Crippen LogP contribution in [-0.4, -0.2) is 27.2 Å². The van der Waals surface area contributed by atoms with Gasteiger partial charge in [0.15, 0.2) is 0 Å². The molecule has 1 aromatic heterocycles. The SMILES string of the molecule is CC(C)c1ccc(C(N)CNC(=O)c2ccc(-n3cncn3)c(F)c2)cc1.Cl. The number of nitrogens with two attached hydrogens (primary N) is 1. The van der Waals surface area contributed by atoms with E-state index in [1.54, 1.807) is 6.07 Å². The van der Waals surface area contributed by atoms with Gasteiger partial charge in [-0.3, -0.25) is 4.79 Å². The zero-order valence-electron chi connectivity index (χ0n) is 15.7. The third-order valence-electron chi connectivity index (χ3n) is 4.39. The molecule has 2 aromatic carbocycles. The van der Waals surface area contributed by atoms with E-state index in [0.29, 0.717) is 5.92 Å². The van der Waals surface area contributed by atoms with Crippen LogP contribution in [0.15, 0.2) is 55.1 Å². The fraction of sp³-hybridized carbons (Fsp3) is 0.250. The number of hydrogen-bond acceptors (Lipinski definition) is 4. The van der Waals surface area contributed by atoms with E-state index < -0.39 is 5.82 Å². The number of rotatable bonds is 6. The van der Waals surface area contributed by atoms with Crippen LogP contribution in [-0.2, 0) is 0 Å². The number of carbonyl (C=O) groups excluding carboxylic acids is 1. The Morgan fingerprint density at radius 2 is 1.86 bits per heavy atom. The molecule has 0 saturated heterocycles. The van der Waals surface area contributed by atoms with Gasteiger partial charge in [0.2, 0.25) is 0 Å². The lowest BCUT2D eigenvalue weighted by molar-refractivity contribution is 0.0950. The van der Waals surface area contributed by atoms with Crippen molar-refractivity contribution in [2.24, 2.45) is 5.73 Å². The average Bonchev–Trinajstić information content (AvgIpc) is 3.20. The van der Waals surface area contributed by atoms with Crippen molar-refractivity contribution in [2.45, 2.75) is 25.8 Å². The molecule has 28 heavy (non-hydrogen) atoms. The number of amides is 1. The molecule has 0 spiro atoms. The van der Waals surface area contributed by atoms with Crippen LogP contribution in [0.2, 0.25) is 0 Å². The highest BCUT2D eigenvalue weighted by molar-refractivity contribution is 5.94. The molecule has 148 valence electrons. The Morgan fingerprint density at radius 3 is 2.43 bits per heavy atom. The molecule has 3 N–H and O–H groups in total. The van der Waals surface area contributed by atoms with Gasteiger partial charge in [0.05, 0.1) is 0 Å². The minimum atomic E-state index is -0.554. The number of benzene rings is 2. The van der Waals surface area contributed by atoms with Gasteiger partial charge in [-0.2, -0.15) is 5.10 Å². The van der Waals surface area contributed by atoms with Crippen molar-refractivity contribution < 1.29 is 9.18 Å². The van der Waals surface area contributed by atoms with Crippen molar-refractivity contribution in [2.75, 3.05) is 6.54 Å². The van der Waals surface area contributed by atoms with E-state index in [1.807, 2.05) is 24.3 Å². The van der Waals surface area contributed by atoms with Gasteiger partial charge in [-0.1, -0.05) is 38.1 Å². The van der Waals surface area contributed by atoms with Gasteiger partial charge in [0, 0.05) is 18.2 Å². The van der Waals surface area contributed by atoms with Crippen LogP contribution in [0.3, 0.4) is 0 Å². The number of nitrogens with zero attached hydrogens (tertiary/aromatic N) is 3. The Labute approximate surface area is 169 Å². The molecule has 0 aliphatic heterocycles. The van der Waals surface area contributed by atoms with Crippen LogP contribution in [0.25, 0.3) is 5.69 Å². The number of halogens is 2. The molecule has 0 fully saturated rings. The molecule has 3 rings (SSSR count). The topological polar surface area (TPSA) is 85.8 Å². The predicted molar refractivity (Wildman–Crippen MR) is 108 cm³/mol. The second-order valence-electron chi connectivity index (χ2n) is 6.64. The molecule has 0 bridgehead atoms. The summed E-state index contributed by atoms with van der Waals surface area (Å²) in [6, 6.07) is 11.9. The highest BCUT2D eigenvalue weighted by Gasteiger charge is 2.13. The summed E-state index contributed by atoms with van der Waals surface area (Å²) in [4.78, 5) is 16.1. The zero-order valence-corrected chi connectivity index (χ0v) is 16.5. The van der Waals surface area contributed by atoms with Gasteiger partial charge < -0.3 is 11.1 Å². The summed E-state index contributed by atoms with van der Waals surface area (Å²) in [7, 11) is 0. The maximum atomic E-state index is 14.2. The third-order valence-corrected chi connectivity index (χ3v) is 4.39. The van der Waals surface area contributed by atoms with E-state index in [2.05, 4.69) is 29.2 Å². The molecule has 0 saturated carbocycles. The summed E-state index contributed by atoms with van der Waals surface area (Å²) in [6.45, 7) is 4.51. The molecule has 0 aliphatic rings. The Balaban J connectivity index is 0.00000280. The summed E-state index contributed by atoms with van der Waals surface area (Å²) < 4.78 is 15.5. The Morgan fingerprint density at radius 1 is 1.18 bits per heavy atom. The molecule has 6 nitrogen and oxygen atoms in total. The van der Waals surface area contributed by atoms with Gasteiger partial charge in [0.1, 0.15) is 24.2 Å². The largest absolute Gasteiger partial charge is 0.350 e. The maximum Gasteiger partial charge on any atom is 0.251 e. The van der Waals surface area contributed by atoms with Gasteiger partial charge in [-0.25, -0.2) is 14.1 Å². The van der Waals surface area contributed by atoms with Crippen molar-refractivity contribution in [3.8, 4) is 5.69 Å². The van der Waals surface area contributed by atoms with Crippen molar-refractivity contribution in [3.05, 3.63) is 77.6 Å². The van der Waals surface area contributed by atoms with E-state index in [4.69, 9.17) is 5.73 Å². The van der Waals surface area contributed by atoms with E-state index in [-0.39, 0.29) is 42.2 Å². The average molecular weight is 404 g/mol. The van der Waals surface area contributed by atoms with Crippen LogP contribution in [0.5, 0.6) is 0 Å². The maximum absolute atomic E-state index is 14.2. The van der Waals surface area contributed by atoms with Gasteiger partial charge in [0.25, 0.3) is 5.91 Å². The molecule has 0 aliphatic carbocycles. The lowest BCUT2D eigenvalue weighted by atomic mass is 9.99. The fourth-order valence-electron chi connectivity index (χ4n) is 2.72. The highest BCUT2D eigenvalue weighted by Crippen LogP contribution is 2.18. The number of hydrogen-bond donors (Lipinski definition) is 2. The first-order chi connectivity index (χ1) is 13.0. The quantitative estimate of drug-likeness (QED) is 0.660. The normalized spacial score (nSPS) is 11.8. The van der Waals surface area contributed by atoms with Crippen molar-refractivity contribution in [1.82, 2.24) is 20.1 Å². The number of nitrogens with one attached hydrogen (secondary N) is 1. The number of carbonyl (C=O) groups is 1. The third kappa shape index (κ3) is 4.94. The summed E-state index contributed by atoms with van der Waals surface area (Å²) in [5.74, 6) is -0.486. The van der Waals surface area contributed by atoms with Gasteiger partial charge >= 0.3 is 0 Å². The van der Waals surface area contributed by atoms with Crippen LogP contribution in [0, 0.1) is 5.82 Å². The van der Waals surface area contributed by atoms with Crippen LogP contribution >= 0.6 is 12.4 Å². The summed E-state index contributed by atoms with van der Waals surface area (Å²) in [6.07, 6.45) is 2.71. The lowest BCUT2D eigenvalue weighted by Gasteiger charge is -2.15. The standard InChI is InChI=1S/C20H22FN5O.ClH/c1-13(2)14-3-5-15(6-4-14)18(22)10-24-20(27)16-7-8-19(17(21)9-16)26-12-23-11-25-26;/h3-9,11-13,18H,10,22H2,1-2H3,(H,24,27);1H. The molecule has 1 heterocycles. The first-order valence-corrected chi connectivity index (χ1v) is 8.74. The van der Waals surface area contributed by atoms with E-state index in [9.17, 15) is 9.18 Å². The highest BCUT2D eigenvalue weighted by atomic mass is 35.5. The summed E-state index contributed by atoms with van der Waals surface area (Å²) >= 11 is 0. The lowest BCUT2D eigenvalue weighted by Crippen LogP contribution is -2.32. The molecule has 1 atom stereocenters. The van der Waals surface area contributed by atoms with E-state index in [0.717, 1.165) is 5.56 Å². The number of aromatic nitrogens is 3. The molecule has 0 radical (unpaired) electrons. The Hall–Kier alpha value is -2.77. The Kier molecular flexibility index (Phi) is 7.25. The van der Waals surface area contributed by atoms with E-state index >= 15 is 0 Å². The first-order valence-electron chi connectivity index (χ1n) is 8.74. The zero-order chi connectivity index (χ0) is 19.4. The molecular formula is C20H23ClFN5O. The van der Waals surface area contributed by atoms with Crippen molar-refractivity contribution in [1.29, 1.82) is 0 Å². The predicted octanol–water partition coefficient (Wildman–Crippen LogP) is 3.38. The first kappa shape index (κ1) is 21.5. The van der Waals surface area contributed by atoms with Gasteiger partial charge in [-0.15, -0.1) is 12.4 Å². The molecular weight excluding hydrogens is 381 g/mol. The molecule has 3 aromatic rings. The Bertz CT molecular complexity index is 913. The molecule has 1 unspecified atom stereocenters. The van der Waals surface area contributed by atoms with Crippen LogP contribution in [0.1, 0.15) is 47.3 Å². The monoisotopic (exact) mass is 403 g/mol. The molecule has 8 heteroatoms. The van der Waals surface area contributed by atoms with Crippen LogP contribution < -0.4 is 11.1 Å². The fourth-order valence-corrected chi connectivity index (χ4v) is 2.72. The minimum absolute atomic E-state index is 0. The van der Waals surface area contributed by atoms with Crippen molar-refractivity contribution in [3.63, 3.8) is 0 Å². The summed E-state index contributed by atoms with van der Waals surface area (Å²) in [5, 5.41) is 6.63. The van der Waals surface area contributed by atoms with Gasteiger partial charge in [-0.05, 0) is 35.2 Å². The minimum Gasteiger partial charge on any atom is -0.350 e.